The molecule has 3 fully saturated rings. The van der Waals surface area contributed by atoms with Gasteiger partial charge in [0.1, 0.15) is 5.82 Å². The van der Waals surface area contributed by atoms with Gasteiger partial charge in [-0.25, -0.2) is 4.39 Å². The van der Waals surface area contributed by atoms with Gasteiger partial charge >= 0.3 is 0 Å². The molecule has 194 valence electrons. The summed E-state index contributed by atoms with van der Waals surface area (Å²) in [4.78, 5) is 0. The second kappa shape index (κ2) is 9.28. The lowest BCUT2D eigenvalue weighted by molar-refractivity contribution is -0.0757. The normalized spacial score (nSPS) is 42.4. The van der Waals surface area contributed by atoms with Crippen LogP contribution >= 0.6 is 0 Å². The quantitative estimate of drug-likeness (QED) is 0.403. The van der Waals surface area contributed by atoms with Crippen LogP contribution in [0.3, 0.4) is 0 Å². The highest BCUT2D eigenvalue weighted by molar-refractivity contribution is 5.27. The molecule has 0 saturated heterocycles. The predicted octanol–water partition coefficient (Wildman–Crippen LogP) is 8.00. The van der Waals surface area contributed by atoms with Crippen LogP contribution in [0.25, 0.3) is 0 Å². The zero-order valence-electron chi connectivity index (χ0n) is 22.4. The Kier molecular flexibility index (Phi) is 6.75. The number of halogens is 1. The molecule has 3 heteroatoms. The molecule has 2 N–H and O–H groups in total. The maximum Gasteiger partial charge on any atom is 0.123 e. The van der Waals surface area contributed by atoms with Gasteiger partial charge in [0.25, 0.3) is 0 Å². The largest absolute Gasteiger partial charge is 0.390 e. The van der Waals surface area contributed by atoms with Gasteiger partial charge in [0.2, 0.25) is 0 Å². The van der Waals surface area contributed by atoms with Crippen LogP contribution in [0.4, 0.5) is 4.39 Å². The molecule has 1 unspecified atom stereocenters. The van der Waals surface area contributed by atoms with Crippen LogP contribution in [0.15, 0.2) is 35.9 Å². The van der Waals surface area contributed by atoms with Gasteiger partial charge in [0.05, 0.1) is 11.7 Å². The highest BCUT2D eigenvalue weighted by Gasteiger charge is 2.59. The van der Waals surface area contributed by atoms with E-state index in [-0.39, 0.29) is 11.2 Å². The minimum Gasteiger partial charge on any atom is -0.390 e. The smallest absolute Gasteiger partial charge is 0.123 e. The number of hydrogen-bond donors (Lipinski definition) is 2. The first kappa shape index (κ1) is 25.5. The molecule has 5 rings (SSSR count). The molecular formula is C32H47FO2. The molecule has 35 heavy (non-hydrogen) atoms. The third kappa shape index (κ3) is 4.33. The van der Waals surface area contributed by atoms with Crippen molar-refractivity contribution in [1.29, 1.82) is 0 Å². The Balaban J connectivity index is 1.27. The monoisotopic (exact) mass is 482 g/mol. The first-order chi connectivity index (χ1) is 16.6. The Morgan fingerprint density at radius 3 is 2.46 bits per heavy atom. The average Bonchev–Trinajstić information content (AvgIpc) is 3.20. The lowest BCUT2D eigenvalue weighted by Gasteiger charge is -2.59. The number of allylic oxidation sites excluding steroid dienone is 1. The first-order valence-electron chi connectivity index (χ1n) is 14.4. The van der Waals surface area contributed by atoms with E-state index in [2.05, 4.69) is 33.8 Å². The minimum absolute atomic E-state index is 0.248. The minimum atomic E-state index is -0.506. The Morgan fingerprint density at radius 1 is 1.00 bits per heavy atom. The number of aliphatic hydroxyl groups excluding tert-OH is 1. The summed E-state index contributed by atoms with van der Waals surface area (Å²) in [6.07, 6.45) is 14.2. The Bertz CT molecular complexity index is 939. The summed E-state index contributed by atoms with van der Waals surface area (Å²) in [5.74, 6) is 3.44. The summed E-state index contributed by atoms with van der Waals surface area (Å²) < 4.78 is 13.3. The average molecular weight is 483 g/mol. The van der Waals surface area contributed by atoms with Crippen molar-refractivity contribution in [3.8, 4) is 0 Å². The van der Waals surface area contributed by atoms with Crippen molar-refractivity contribution < 1.29 is 14.6 Å². The fourth-order valence-corrected chi connectivity index (χ4v) is 9.46. The van der Waals surface area contributed by atoms with Crippen molar-refractivity contribution in [1.82, 2.24) is 0 Å². The van der Waals surface area contributed by atoms with E-state index in [9.17, 15) is 14.6 Å². The maximum absolute atomic E-state index is 13.3. The molecule has 0 aromatic heterocycles. The molecule has 0 bridgehead atoms. The highest BCUT2D eigenvalue weighted by Crippen LogP contribution is 2.67. The molecule has 0 amide bonds. The lowest BCUT2D eigenvalue weighted by Crippen LogP contribution is -2.52. The summed E-state index contributed by atoms with van der Waals surface area (Å²) in [5, 5.41) is 21.7. The molecule has 0 aliphatic heterocycles. The van der Waals surface area contributed by atoms with E-state index in [0.29, 0.717) is 11.3 Å². The highest BCUT2D eigenvalue weighted by atomic mass is 19.1. The van der Waals surface area contributed by atoms with Gasteiger partial charge < -0.3 is 10.2 Å². The summed E-state index contributed by atoms with van der Waals surface area (Å²) in [6.45, 7) is 9.67. The molecular weight excluding hydrogens is 435 g/mol. The van der Waals surface area contributed by atoms with Gasteiger partial charge in [-0.2, -0.15) is 0 Å². The SMILES string of the molecule is CC[C@]1(O)CC[C@@]2(C)C(=CC[C@@H]3C2CC[C@]2(C)[C@@H]([C@H](C)CC[C@H](O)c4ccc(F)cc4)CC[C@@H]32)C1. The van der Waals surface area contributed by atoms with Crippen LogP contribution in [-0.2, 0) is 0 Å². The third-order valence-electron chi connectivity index (χ3n) is 11.8. The van der Waals surface area contributed by atoms with Crippen molar-refractivity contribution in [3.05, 3.63) is 47.3 Å². The van der Waals surface area contributed by atoms with E-state index in [1.165, 1.54) is 44.2 Å². The summed E-state index contributed by atoms with van der Waals surface area (Å²) in [6, 6.07) is 6.33. The number of aliphatic hydroxyl groups is 2. The third-order valence-corrected chi connectivity index (χ3v) is 11.8. The molecule has 1 aromatic rings. The van der Waals surface area contributed by atoms with Gasteiger partial charge in [0.15, 0.2) is 0 Å². The van der Waals surface area contributed by atoms with Gasteiger partial charge in [0, 0.05) is 0 Å². The van der Waals surface area contributed by atoms with E-state index >= 15 is 0 Å². The number of hydrogen-bond acceptors (Lipinski definition) is 2. The Hall–Kier alpha value is -1.19. The van der Waals surface area contributed by atoms with Crippen LogP contribution < -0.4 is 0 Å². The van der Waals surface area contributed by atoms with E-state index in [0.717, 1.165) is 67.8 Å². The van der Waals surface area contributed by atoms with Crippen LogP contribution in [-0.4, -0.2) is 15.8 Å². The summed E-state index contributed by atoms with van der Waals surface area (Å²) >= 11 is 0. The van der Waals surface area contributed by atoms with Crippen molar-refractivity contribution in [3.63, 3.8) is 0 Å². The van der Waals surface area contributed by atoms with Gasteiger partial charge in [-0.3, -0.25) is 0 Å². The lowest BCUT2D eigenvalue weighted by atomic mass is 9.46. The topological polar surface area (TPSA) is 40.5 Å². The number of benzene rings is 1. The van der Waals surface area contributed by atoms with Crippen molar-refractivity contribution in [2.45, 2.75) is 110 Å². The Morgan fingerprint density at radius 2 is 1.74 bits per heavy atom. The zero-order chi connectivity index (χ0) is 25.0. The van der Waals surface area contributed by atoms with E-state index in [1.807, 2.05) is 0 Å². The predicted molar refractivity (Wildman–Crippen MR) is 140 cm³/mol. The van der Waals surface area contributed by atoms with E-state index in [1.54, 1.807) is 17.7 Å². The molecule has 0 heterocycles. The van der Waals surface area contributed by atoms with E-state index < -0.39 is 11.7 Å². The first-order valence-corrected chi connectivity index (χ1v) is 14.4. The zero-order valence-corrected chi connectivity index (χ0v) is 22.4. The fourth-order valence-electron chi connectivity index (χ4n) is 9.46. The van der Waals surface area contributed by atoms with Crippen LogP contribution in [0.2, 0.25) is 0 Å². The molecule has 4 aliphatic carbocycles. The van der Waals surface area contributed by atoms with Gasteiger partial charge in [-0.15, -0.1) is 0 Å². The van der Waals surface area contributed by atoms with Crippen LogP contribution in [0.1, 0.15) is 110 Å². The summed E-state index contributed by atoms with van der Waals surface area (Å²) in [5.41, 5.74) is 2.61. The van der Waals surface area contributed by atoms with Gasteiger partial charge in [-0.1, -0.05) is 51.5 Å². The molecule has 2 nitrogen and oxygen atoms in total. The number of rotatable bonds is 6. The molecule has 0 spiro atoms. The van der Waals surface area contributed by atoms with Crippen LogP contribution in [0, 0.1) is 46.2 Å². The summed E-state index contributed by atoms with van der Waals surface area (Å²) in [7, 11) is 0. The molecule has 9 atom stereocenters. The maximum atomic E-state index is 13.3. The van der Waals surface area contributed by atoms with Crippen molar-refractivity contribution in [2.75, 3.05) is 0 Å². The van der Waals surface area contributed by atoms with E-state index in [4.69, 9.17) is 0 Å². The second-order valence-electron chi connectivity index (χ2n) is 13.4. The molecule has 4 aliphatic rings. The number of fused-ring (bicyclic) bond motifs is 5. The fraction of sp³-hybridized carbons (Fsp3) is 0.750. The molecule has 0 radical (unpaired) electrons. The standard InChI is InChI=1S/C32H47FO2/c1-5-32(35)19-18-30(3)23(20-32)9-12-25-27-14-13-26(31(27,4)17-16-28(25)30)21(2)6-15-29(34)22-7-10-24(33)11-8-22/h7-11,21,25-29,34-35H,5-6,12-20H2,1-4H3/t21-,25+,26-,27+,28?,29+,30+,31-,32+/m1/s1. The van der Waals surface area contributed by atoms with Crippen molar-refractivity contribution in [2.24, 2.45) is 40.4 Å². The Labute approximate surface area is 212 Å². The van der Waals surface area contributed by atoms with Crippen LogP contribution in [0.5, 0.6) is 0 Å². The molecule has 1 aromatic carbocycles. The van der Waals surface area contributed by atoms with Crippen molar-refractivity contribution >= 4 is 0 Å². The van der Waals surface area contributed by atoms with Gasteiger partial charge in [-0.05, 0) is 129 Å². The second-order valence-corrected chi connectivity index (χ2v) is 13.4. The molecule has 3 saturated carbocycles.